The zero-order valence-electron chi connectivity index (χ0n) is 9.05. The van der Waals surface area contributed by atoms with Crippen molar-refractivity contribution in [2.75, 3.05) is 5.88 Å². The standard InChI is InChI=1S/C10H10ClF3N2O.ClH/c11-2-1-6(10(17)16-15)5-3-7(12)9(14)8(13)4-5;/h3-4,6H,1-2,15H2,(H,16,17);1H. The van der Waals surface area contributed by atoms with E-state index in [4.69, 9.17) is 17.4 Å². The maximum atomic E-state index is 13.0. The SMILES string of the molecule is Cl.NNC(=O)C(CCCl)c1cc(F)c(F)c(F)c1. The summed E-state index contributed by atoms with van der Waals surface area (Å²) in [6.07, 6.45) is 0.134. The Hall–Kier alpha value is -0.980. The molecule has 18 heavy (non-hydrogen) atoms. The van der Waals surface area contributed by atoms with Crippen LogP contribution in [-0.2, 0) is 4.79 Å². The predicted molar refractivity (Wildman–Crippen MR) is 64.0 cm³/mol. The van der Waals surface area contributed by atoms with Gasteiger partial charge < -0.3 is 0 Å². The molecule has 1 aromatic rings. The summed E-state index contributed by atoms with van der Waals surface area (Å²) < 4.78 is 38.7. The highest BCUT2D eigenvalue weighted by molar-refractivity contribution is 6.18. The van der Waals surface area contributed by atoms with Gasteiger partial charge in [0, 0.05) is 5.88 Å². The van der Waals surface area contributed by atoms with Crippen molar-refractivity contribution in [1.29, 1.82) is 0 Å². The Morgan fingerprint density at radius 2 is 1.83 bits per heavy atom. The van der Waals surface area contributed by atoms with Crippen molar-refractivity contribution in [2.24, 2.45) is 5.84 Å². The first kappa shape index (κ1) is 17.0. The van der Waals surface area contributed by atoms with E-state index in [0.717, 1.165) is 12.1 Å². The molecule has 0 aliphatic heterocycles. The fraction of sp³-hybridized carbons (Fsp3) is 0.300. The van der Waals surface area contributed by atoms with Gasteiger partial charge in [-0.3, -0.25) is 10.2 Å². The molecule has 0 fully saturated rings. The average molecular weight is 303 g/mol. The van der Waals surface area contributed by atoms with Gasteiger partial charge in [0.1, 0.15) is 0 Å². The van der Waals surface area contributed by atoms with Crippen molar-refractivity contribution in [3.8, 4) is 0 Å². The van der Waals surface area contributed by atoms with Gasteiger partial charge in [-0.15, -0.1) is 24.0 Å². The zero-order chi connectivity index (χ0) is 13.0. The lowest BCUT2D eigenvalue weighted by atomic mass is 9.95. The van der Waals surface area contributed by atoms with Crippen LogP contribution in [-0.4, -0.2) is 11.8 Å². The molecule has 1 atom stereocenters. The number of amides is 1. The van der Waals surface area contributed by atoms with E-state index >= 15 is 0 Å². The number of nitrogens with one attached hydrogen (secondary N) is 1. The van der Waals surface area contributed by atoms with Gasteiger partial charge in [-0.2, -0.15) is 0 Å². The van der Waals surface area contributed by atoms with E-state index in [0.29, 0.717) is 0 Å². The summed E-state index contributed by atoms with van der Waals surface area (Å²) in [5.41, 5.74) is 1.86. The molecule has 3 N–H and O–H groups in total. The number of nitrogens with two attached hydrogens (primary N) is 1. The minimum Gasteiger partial charge on any atom is -0.294 e. The number of carbonyl (C=O) groups is 1. The van der Waals surface area contributed by atoms with Gasteiger partial charge in [0.05, 0.1) is 5.92 Å². The van der Waals surface area contributed by atoms with E-state index in [2.05, 4.69) is 0 Å². The van der Waals surface area contributed by atoms with Gasteiger partial charge in [-0.1, -0.05) is 0 Å². The highest BCUT2D eigenvalue weighted by atomic mass is 35.5. The molecule has 1 unspecified atom stereocenters. The first-order chi connectivity index (χ1) is 8.01. The molecular formula is C10H11Cl2F3N2O. The number of hydrazine groups is 1. The first-order valence-electron chi connectivity index (χ1n) is 4.72. The molecule has 1 amide bonds. The summed E-state index contributed by atoms with van der Waals surface area (Å²) in [6.45, 7) is 0. The van der Waals surface area contributed by atoms with Crippen LogP contribution >= 0.6 is 24.0 Å². The van der Waals surface area contributed by atoms with E-state index in [-0.39, 0.29) is 30.3 Å². The minimum atomic E-state index is -1.58. The van der Waals surface area contributed by atoms with Gasteiger partial charge >= 0.3 is 0 Å². The normalized spacial score (nSPS) is 11.6. The summed E-state index contributed by atoms with van der Waals surface area (Å²) in [7, 11) is 0. The molecule has 0 saturated carbocycles. The van der Waals surface area contributed by atoms with Crippen molar-refractivity contribution < 1.29 is 18.0 Å². The topological polar surface area (TPSA) is 55.1 Å². The van der Waals surface area contributed by atoms with Crippen LogP contribution in [0.25, 0.3) is 0 Å². The Bertz CT molecular complexity index is 409. The maximum Gasteiger partial charge on any atom is 0.241 e. The van der Waals surface area contributed by atoms with Crippen LogP contribution in [0.1, 0.15) is 17.9 Å². The Morgan fingerprint density at radius 1 is 1.33 bits per heavy atom. The fourth-order valence-electron chi connectivity index (χ4n) is 1.44. The summed E-state index contributed by atoms with van der Waals surface area (Å²) in [5.74, 6) is -0.810. The Kier molecular flexibility index (Phi) is 7.05. The third-order valence-corrected chi connectivity index (χ3v) is 2.48. The second-order valence-corrected chi connectivity index (χ2v) is 3.72. The van der Waals surface area contributed by atoms with E-state index < -0.39 is 29.3 Å². The monoisotopic (exact) mass is 302 g/mol. The molecule has 0 radical (unpaired) electrons. The molecule has 0 bridgehead atoms. The van der Waals surface area contributed by atoms with Crippen molar-refractivity contribution >= 4 is 29.9 Å². The van der Waals surface area contributed by atoms with E-state index in [1.807, 2.05) is 5.43 Å². The van der Waals surface area contributed by atoms with Crippen LogP contribution in [0, 0.1) is 17.5 Å². The van der Waals surface area contributed by atoms with Gasteiger partial charge in [-0.25, -0.2) is 19.0 Å². The molecular weight excluding hydrogens is 292 g/mol. The Labute approximate surface area is 113 Å². The van der Waals surface area contributed by atoms with Crippen LogP contribution in [0.4, 0.5) is 13.2 Å². The number of benzene rings is 1. The minimum absolute atomic E-state index is 0. The third-order valence-electron chi connectivity index (χ3n) is 2.27. The molecule has 8 heteroatoms. The number of hydrogen-bond acceptors (Lipinski definition) is 2. The lowest BCUT2D eigenvalue weighted by molar-refractivity contribution is -0.122. The Balaban J connectivity index is 0.00000289. The third kappa shape index (κ3) is 3.76. The molecule has 1 aromatic carbocycles. The molecule has 0 heterocycles. The summed E-state index contributed by atoms with van der Waals surface area (Å²) in [4.78, 5) is 11.4. The number of hydrogen-bond donors (Lipinski definition) is 2. The van der Waals surface area contributed by atoms with Crippen LogP contribution in [0.3, 0.4) is 0 Å². The van der Waals surface area contributed by atoms with Crippen molar-refractivity contribution in [2.45, 2.75) is 12.3 Å². The smallest absolute Gasteiger partial charge is 0.241 e. The summed E-state index contributed by atoms with van der Waals surface area (Å²) in [6, 6.07) is 1.51. The number of alkyl halides is 1. The van der Waals surface area contributed by atoms with Crippen LogP contribution in [0.15, 0.2) is 12.1 Å². The number of halogens is 5. The van der Waals surface area contributed by atoms with Gasteiger partial charge in [-0.05, 0) is 24.1 Å². The summed E-state index contributed by atoms with van der Waals surface area (Å²) >= 11 is 5.48. The summed E-state index contributed by atoms with van der Waals surface area (Å²) in [5, 5.41) is 0. The molecule has 0 spiro atoms. The van der Waals surface area contributed by atoms with Crippen molar-refractivity contribution in [1.82, 2.24) is 5.43 Å². The number of carbonyl (C=O) groups excluding carboxylic acids is 1. The lowest BCUT2D eigenvalue weighted by Gasteiger charge is -2.14. The second-order valence-electron chi connectivity index (χ2n) is 3.34. The van der Waals surface area contributed by atoms with E-state index in [1.165, 1.54) is 0 Å². The quantitative estimate of drug-likeness (QED) is 0.295. The highest BCUT2D eigenvalue weighted by Crippen LogP contribution is 2.24. The van der Waals surface area contributed by atoms with Gasteiger partial charge in [0.2, 0.25) is 5.91 Å². The zero-order valence-corrected chi connectivity index (χ0v) is 10.6. The van der Waals surface area contributed by atoms with Crippen LogP contribution in [0.5, 0.6) is 0 Å². The predicted octanol–water partition coefficient (Wildman–Crippen LogP) is 2.23. The highest BCUT2D eigenvalue weighted by Gasteiger charge is 2.22. The first-order valence-corrected chi connectivity index (χ1v) is 5.25. The van der Waals surface area contributed by atoms with Crippen LogP contribution in [0.2, 0.25) is 0 Å². The molecule has 102 valence electrons. The largest absolute Gasteiger partial charge is 0.294 e. The number of rotatable bonds is 4. The van der Waals surface area contributed by atoms with Gasteiger partial charge in [0.25, 0.3) is 0 Å². The fourth-order valence-corrected chi connectivity index (χ4v) is 1.65. The van der Waals surface area contributed by atoms with E-state index in [1.54, 1.807) is 0 Å². The molecule has 0 aromatic heterocycles. The lowest BCUT2D eigenvalue weighted by Crippen LogP contribution is -2.35. The second kappa shape index (κ2) is 7.45. The molecule has 0 aliphatic carbocycles. The molecule has 0 saturated heterocycles. The van der Waals surface area contributed by atoms with Crippen molar-refractivity contribution in [3.63, 3.8) is 0 Å². The maximum absolute atomic E-state index is 13.0. The average Bonchev–Trinajstić information content (AvgIpc) is 2.31. The van der Waals surface area contributed by atoms with Crippen LogP contribution < -0.4 is 11.3 Å². The van der Waals surface area contributed by atoms with E-state index in [9.17, 15) is 18.0 Å². The molecule has 1 rings (SSSR count). The van der Waals surface area contributed by atoms with Crippen molar-refractivity contribution in [3.05, 3.63) is 35.1 Å². The van der Waals surface area contributed by atoms with Gasteiger partial charge in [0.15, 0.2) is 17.5 Å². The Morgan fingerprint density at radius 3 is 2.22 bits per heavy atom. The molecule has 3 nitrogen and oxygen atoms in total. The molecule has 0 aliphatic rings.